The van der Waals surface area contributed by atoms with Crippen molar-refractivity contribution < 1.29 is 14.0 Å². The molecule has 2 N–H and O–H groups in total. The molecular formula is C20H14FN3O2S. The van der Waals surface area contributed by atoms with Crippen LogP contribution in [0.3, 0.4) is 0 Å². The Morgan fingerprint density at radius 1 is 1.07 bits per heavy atom. The summed E-state index contributed by atoms with van der Waals surface area (Å²) in [5, 5.41) is 8.82. The number of halogens is 1. The summed E-state index contributed by atoms with van der Waals surface area (Å²) in [6, 6.07) is 14.9. The van der Waals surface area contributed by atoms with Crippen LogP contribution >= 0.6 is 11.3 Å². The molecule has 3 aromatic rings. The lowest BCUT2D eigenvalue weighted by molar-refractivity contribution is -0.117. The zero-order valence-corrected chi connectivity index (χ0v) is 14.8. The number of thiophene rings is 1. The monoisotopic (exact) mass is 379 g/mol. The van der Waals surface area contributed by atoms with E-state index in [4.69, 9.17) is 0 Å². The van der Waals surface area contributed by atoms with Crippen LogP contribution in [0.4, 0.5) is 10.1 Å². The van der Waals surface area contributed by atoms with E-state index in [1.165, 1.54) is 17.4 Å². The van der Waals surface area contributed by atoms with Gasteiger partial charge in [-0.3, -0.25) is 9.59 Å². The van der Waals surface area contributed by atoms with E-state index in [0.717, 1.165) is 0 Å². The van der Waals surface area contributed by atoms with Gasteiger partial charge in [0.05, 0.1) is 17.0 Å². The van der Waals surface area contributed by atoms with Gasteiger partial charge in [-0.1, -0.05) is 30.3 Å². The van der Waals surface area contributed by atoms with Crippen LogP contribution in [0.25, 0.3) is 0 Å². The lowest BCUT2D eigenvalue weighted by Crippen LogP contribution is -2.42. The number of para-hydroxylation sites is 1. The van der Waals surface area contributed by atoms with Crippen LogP contribution in [0.2, 0.25) is 0 Å². The van der Waals surface area contributed by atoms with E-state index in [0.29, 0.717) is 22.5 Å². The number of fused-ring (bicyclic) bond motifs is 1. The molecule has 0 bridgehead atoms. The number of carbonyl (C=O) groups is 2. The maximum absolute atomic E-state index is 14.4. The highest BCUT2D eigenvalue weighted by Crippen LogP contribution is 2.25. The molecule has 1 aromatic heterocycles. The number of anilines is 1. The summed E-state index contributed by atoms with van der Waals surface area (Å²) in [5.74, 6) is -1.36. The highest BCUT2D eigenvalue weighted by atomic mass is 32.1. The van der Waals surface area contributed by atoms with Crippen LogP contribution < -0.4 is 10.6 Å². The quantitative estimate of drug-likeness (QED) is 0.732. The molecule has 1 aliphatic heterocycles. The minimum atomic E-state index is -1.18. The van der Waals surface area contributed by atoms with Gasteiger partial charge in [0.2, 0.25) is 6.17 Å². The summed E-state index contributed by atoms with van der Waals surface area (Å²) in [4.78, 5) is 29.4. The van der Waals surface area contributed by atoms with Crippen molar-refractivity contribution in [2.75, 3.05) is 5.32 Å². The first-order valence-corrected chi connectivity index (χ1v) is 9.14. The topological polar surface area (TPSA) is 70.6 Å². The van der Waals surface area contributed by atoms with Gasteiger partial charge < -0.3 is 10.6 Å². The number of benzodiazepines with no additional fused rings is 1. The van der Waals surface area contributed by atoms with E-state index in [-0.39, 0.29) is 5.56 Å². The fraction of sp³-hybridized carbons (Fsp3) is 0.0500. The van der Waals surface area contributed by atoms with Crippen LogP contribution in [0, 0.1) is 5.82 Å². The number of nitrogens with one attached hydrogen (secondary N) is 2. The van der Waals surface area contributed by atoms with Crippen molar-refractivity contribution in [3.63, 3.8) is 0 Å². The molecule has 0 fully saturated rings. The average Bonchev–Trinajstić information content (AvgIpc) is 3.17. The summed E-state index contributed by atoms with van der Waals surface area (Å²) in [5.41, 5.74) is 2.10. The van der Waals surface area contributed by atoms with Crippen molar-refractivity contribution in [3.8, 4) is 0 Å². The van der Waals surface area contributed by atoms with Crippen molar-refractivity contribution in [1.29, 1.82) is 0 Å². The molecule has 1 atom stereocenters. The maximum atomic E-state index is 14.4. The number of carbonyl (C=O) groups excluding carboxylic acids is 2. The number of amides is 2. The summed E-state index contributed by atoms with van der Waals surface area (Å²) < 4.78 is 14.4. The molecule has 7 heteroatoms. The lowest BCUT2D eigenvalue weighted by Gasteiger charge is -2.13. The Morgan fingerprint density at radius 2 is 1.81 bits per heavy atom. The van der Waals surface area contributed by atoms with Gasteiger partial charge in [0.15, 0.2) is 0 Å². The fourth-order valence-corrected chi connectivity index (χ4v) is 3.46. The molecule has 5 nitrogen and oxygen atoms in total. The van der Waals surface area contributed by atoms with Crippen LogP contribution in [-0.2, 0) is 4.79 Å². The van der Waals surface area contributed by atoms with E-state index in [2.05, 4.69) is 15.6 Å². The average molecular weight is 379 g/mol. The third kappa shape index (κ3) is 3.37. The molecule has 0 radical (unpaired) electrons. The van der Waals surface area contributed by atoms with Gasteiger partial charge in [-0.25, -0.2) is 9.38 Å². The second-order valence-corrected chi connectivity index (χ2v) is 6.66. The molecule has 0 spiro atoms. The highest BCUT2D eigenvalue weighted by Gasteiger charge is 2.28. The van der Waals surface area contributed by atoms with Crippen LogP contribution in [0.5, 0.6) is 0 Å². The summed E-state index contributed by atoms with van der Waals surface area (Å²) >= 11 is 1.38. The molecule has 2 heterocycles. The largest absolute Gasteiger partial charge is 0.322 e. The van der Waals surface area contributed by atoms with Gasteiger partial charge >= 0.3 is 0 Å². The Bertz CT molecular complexity index is 1050. The van der Waals surface area contributed by atoms with Gasteiger partial charge in [-0.15, -0.1) is 0 Å². The Balaban J connectivity index is 1.79. The minimum Gasteiger partial charge on any atom is -0.322 e. The molecule has 4 rings (SSSR count). The summed E-state index contributed by atoms with van der Waals surface area (Å²) in [7, 11) is 0. The number of hydrogen-bond acceptors (Lipinski definition) is 4. The van der Waals surface area contributed by atoms with Gasteiger partial charge in [0.1, 0.15) is 5.82 Å². The third-order valence-electron chi connectivity index (χ3n) is 4.13. The minimum absolute atomic E-state index is 0.260. The number of hydrogen-bond donors (Lipinski definition) is 2. The normalized spacial score (nSPS) is 16.0. The Morgan fingerprint density at radius 3 is 2.56 bits per heavy atom. The maximum Gasteiger partial charge on any atom is 0.269 e. The Kier molecular flexibility index (Phi) is 4.52. The smallest absolute Gasteiger partial charge is 0.269 e. The first kappa shape index (κ1) is 17.1. The number of aliphatic imine (C=N–C) groups is 1. The predicted octanol–water partition coefficient (Wildman–Crippen LogP) is 3.43. The lowest BCUT2D eigenvalue weighted by atomic mass is 10.0. The Labute approximate surface area is 158 Å². The van der Waals surface area contributed by atoms with Crippen molar-refractivity contribution in [2.24, 2.45) is 4.99 Å². The number of rotatable bonds is 3. The van der Waals surface area contributed by atoms with E-state index in [1.807, 2.05) is 0 Å². The molecule has 0 unspecified atom stereocenters. The zero-order valence-electron chi connectivity index (χ0n) is 14.0. The molecule has 0 aliphatic carbocycles. The highest BCUT2D eigenvalue weighted by molar-refractivity contribution is 7.08. The van der Waals surface area contributed by atoms with Crippen molar-refractivity contribution >= 4 is 34.6 Å². The van der Waals surface area contributed by atoms with Gasteiger partial charge in [-0.05, 0) is 29.6 Å². The van der Waals surface area contributed by atoms with Gasteiger partial charge in [0, 0.05) is 16.5 Å². The zero-order chi connectivity index (χ0) is 18.8. The molecule has 1 aliphatic rings. The van der Waals surface area contributed by atoms with Crippen molar-refractivity contribution in [3.05, 3.63) is 87.9 Å². The number of nitrogens with zero attached hydrogens (tertiary/aromatic N) is 1. The molecular weight excluding hydrogens is 365 g/mol. The van der Waals surface area contributed by atoms with Crippen molar-refractivity contribution in [2.45, 2.75) is 6.17 Å². The second kappa shape index (κ2) is 7.13. The first-order valence-electron chi connectivity index (χ1n) is 8.19. The van der Waals surface area contributed by atoms with E-state index in [1.54, 1.807) is 59.3 Å². The van der Waals surface area contributed by atoms with E-state index in [9.17, 15) is 14.0 Å². The SMILES string of the molecule is O=C(N[C@H]1N=C(c2ccccc2F)c2ccccc2NC1=O)c1ccsc1. The van der Waals surface area contributed by atoms with Crippen LogP contribution in [-0.4, -0.2) is 23.7 Å². The Hall–Kier alpha value is -3.32. The van der Waals surface area contributed by atoms with Gasteiger partial charge in [-0.2, -0.15) is 11.3 Å². The number of benzene rings is 2. The van der Waals surface area contributed by atoms with E-state index >= 15 is 0 Å². The third-order valence-corrected chi connectivity index (χ3v) is 4.81. The van der Waals surface area contributed by atoms with Crippen LogP contribution in [0.1, 0.15) is 21.5 Å². The fourth-order valence-electron chi connectivity index (χ4n) is 2.82. The predicted molar refractivity (Wildman–Crippen MR) is 103 cm³/mol. The molecule has 0 saturated carbocycles. The standard InChI is InChI=1S/C20H14FN3O2S/c21-15-7-3-1-5-13(15)17-14-6-2-4-8-16(14)22-20(26)18(23-17)24-19(25)12-9-10-27-11-12/h1-11,18H,(H,22,26)(H,24,25)/t18-/m1/s1. The molecule has 134 valence electrons. The first-order chi connectivity index (χ1) is 13.1. The molecule has 2 aromatic carbocycles. The molecule has 0 saturated heterocycles. The van der Waals surface area contributed by atoms with Crippen LogP contribution in [0.15, 0.2) is 70.3 Å². The van der Waals surface area contributed by atoms with E-state index < -0.39 is 23.8 Å². The van der Waals surface area contributed by atoms with Crippen molar-refractivity contribution in [1.82, 2.24) is 5.32 Å². The van der Waals surface area contributed by atoms with Gasteiger partial charge in [0.25, 0.3) is 11.8 Å². The molecule has 2 amide bonds. The molecule has 27 heavy (non-hydrogen) atoms. The second-order valence-electron chi connectivity index (χ2n) is 5.88. The summed E-state index contributed by atoms with van der Waals surface area (Å²) in [6.07, 6.45) is -1.18. The summed E-state index contributed by atoms with van der Waals surface area (Å²) in [6.45, 7) is 0.